The third kappa shape index (κ3) is 7.15. The van der Waals surface area contributed by atoms with E-state index in [1.54, 1.807) is 67.6 Å². The average Bonchev–Trinajstić information content (AvgIpc) is 3.02. The minimum atomic E-state index is -3.74. The van der Waals surface area contributed by atoms with Crippen molar-refractivity contribution in [3.63, 3.8) is 0 Å². The minimum Gasteiger partial charge on any atom is -0.325 e. The lowest BCUT2D eigenvalue weighted by molar-refractivity contribution is -0.119. The molecule has 11 heteroatoms. The zero-order chi connectivity index (χ0) is 31.3. The molecular formula is C33H33ClF2N4O3S. The number of piperazine rings is 1. The van der Waals surface area contributed by atoms with Gasteiger partial charge in [-0.05, 0) is 66.4 Å². The molecule has 1 fully saturated rings. The Labute approximate surface area is 261 Å². The Balaban J connectivity index is 1.37. The molecule has 1 aliphatic rings. The summed E-state index contributed by atoms with van der Waals surface area (Å²) in [5, 5.41) is 6.65. The van der Waals surface area contributed by atoms with E-state index >= 15 is 4.39 Å². The summed E-state index contributed by atoms with van der Waals surface area (Å²) >= 11 is 6.09. The first kappa shape index (κ1) is 31.7. The Morgan fingerprint density at radius 2 is 1.80 bits per heavy atom. The number of carbonyl (C=O) groups is 1. The van der Waals surface area contributed by atoms with E-state index < -0.39 is 45.4 Å². The first-order valence-corrected chi connectivity index (χ1v) is 16.2. The number of nitrogens with one attached hydrogen (secondary N) is 2. The summed E-state index contributed by atoms with van der Waals surface area (Å²) in [7, 11) is -3.74. The van der Waals surface area contributed by atoms with Gasteiger partial charge >= 0.3 is 0 Å². The standard InChI is InChI=1S/C33H33ClF2N4O3S/c1-22(32(23-10-12-25(34)13-11-23)24-18-26(35)20-38-19-24)33(41)39-31-9-5-8-30(36)29(31)15-14-27-21-37-16-17-40(27)44(42,43)28-6-3-2-4-7-28/h2-13,18-20,22,27,32,37H,14-17,21H2,1H3,(H,39,41)/t22-,27-,32-/m0/s1. The molecule has 0 unspecified atom stereocenters. The molecular weight excluding hydrogens is 606 g/mol. The van der Waals surface area contributed by atoms with Gasteiger partial charge in [-0.25, -0.2) is 17.2 Å². The van der Waals surface area contributed by atoms with Crippen LogP contribution in [0.4, 0.5) is 14.5 Å². The molecule has 1 saturated heterocycles. The molecule has 230 valence electrons. The maximum atomic E-state index is 15.3. The predicted octanol–water partition coefficient (Wildman–Crippen LogP) is 6.02. The molecule has 0 aliphatic carbocycles. The molecule has 2 N–H and O–H groups in total. The van der Waals surface area contributed by atoms with Crippen molar-refractivity contribution in [2.24, 2.45) is 5.92 Å². The topological polar surface area (TPSA) is 91.4 Å². The van der Waals surface area contributed by atoms with E-state index in [-0.39, 0.29) is 16.9 Å². The molecule has 0 saturated carbocycles. The Morgan fingerprint density at radius 3 is 2.52 bits per heavy atom. The number of amides is 1. The van der Waals surface area contributed by atoms with E-state index in [1.165, 1.54) is 28.7 Å². The fourth-order valence-corrected chi connectivity index (χ4v) is 7.51. The van der Waals surface area contributed by atoms with Crippen LogP contribution >= 0.6 is 11.6 Å². The zero-order valence-electron chi connectivity index (χ0n) is 24.1. The summed E-state index contributed by atoms with van der Waals surface area (Å²) in [4.78, 5) is 17.9. The van der Waals surface area contributed by atoms with Gasteiger partial charge in [0.25, 0.3) is 0 Å². The number of aromatic nitrogens is 1. The Morgan fingerprint density at radius 1 is 1.05 bits per heavy atom. The van der Waals surface area contributed by atoms with Crippen LogP contribution in [0.25, 0.3) is 0 Å². The van der Waals surface area contributed by atoms with Gasteiger partial charge in [0.05, 0.1) is 11.1 Å². The molecule has 3 aromatic carbocycles. The van der Waals surface area contributed by atoms with Crippen molar-refractivity contribution in [2.75, 3.05) is 25.0 Å². The van der Waals surface area contributed by atoms with E-state index in [9.17, 15) is 17.6 Å². The van der Waals surface area contributed by atoms with Gasteiger partial charge in [-0.2, -0.15) is 4.31 Å². The molecule has 7 nitrogen and oxygen atoms in total. The fraction of sp³-hybridized carbons (Fsp3) is 0.273. The minimum absolute atomic E-state index is 0.193. The Kier molecular flexibility index (Phi) is 10.1. The highest BCUT2D eigenvalue weighted by molar-refractivity contribution is 7.89. The second-order valence-corrected chi connectivity index (χ2v) is 13.2. The lowest BCUT2D eigenvalue weighted by Gasteiger charge is -2.35. The first-order valence-electron chi connectivity index (χ1n) is 14.4. The quantitative estimate of drug-likeness (QED) is 0.222. The second-order valence-electron chi connectivity index (χ2n) is 10.8. The van der Waals surface area contributed by atoms with Crippen LogP contribution < -0.4 is 10.6 Å². The van der Waals surface area contributed by atoms with Crippen LogP contribution in [0.2, 0.25) is 5.02 Å². The number of nitrogens with zero attached hydrogens (tertiary/aromatic N) is 2. The van der Waals surface area contributed by atoms with Crippen molar-refractivity contribution >= 4 is 33.2 Å². The summed E-state index contributed by atoms with van der Waals surface area (Å²) in [5.74, 6) is -2.68. The highest BCUT2D eigenvalue weighted by Crippen LogP contribution is 2.34. The van der Waals surface area contributed by atoms with Gasteiger partial charge in [0.2, 0.25) is 15.9 Å². The Hall–Kier alpha value is -3.70. The smallest absolute Gasteiger partial charge is 0.243 e. The molecule has 2 heterocycles. The third-order valence-electron chi connectivity index (χ3n) is 7.98. The number of pyridine rings is 1. The van der Waals surface area contributed by atoms with Gasteiger partial charge in [0.1, 0.15) is 11.6 Å². The lowest BCUT2D eigenvalue weighted by Crippen LogP contribution is -2.53. The van der Waals surface area contributed by atoms with Crippen molar-refractivity contribution in [2.45, 2.75) is 36.6 Å². The van der Waals surface area contributed by atoms with Gasteiger partial charge in [-0.1, -0.05) is 54.9 Å². The molecule has 3 atom stereocenters. The molecule has 0 radical (unpaired) electrons. The average molecular weight is 639 g/mol. The van der Waals surface area contributed by atoms with Crippen LogP contribution in [0.3, 0.4) is 0 Å². The van der Waals surface area contributed by atoms with E-state index in [1.807, 2.05) is 0 Å². The molecule has 44 heavy (non-hydrogen) atoms. The highest BCUT2D eigenvalue weighted by atomic mass is 35.5. The van der Waals surface area contributed by atoms with Crippen LogP contribution in [0.5, 0.6) is 0 Å². The van der Waals surface area contributed by atoms with E-state index in [4.69, 9.17) is 11.6 Å². The summed E-state index contributed by atoms with van der Waals surface area (Å²) in [6, 6.07) is 20.6. The van der Waals surface area contributed by atoms with Gasteiger partial charge in [-0.15, -0.1) is 0 Å². The summed E-state index contributed by atoms with van der Waals surface area (Å²) in [5.41, 5.74) is 1.84. The number of halogens is 3. The molecule has 1 amide bonds. The van der Waals surface area contributed by atoms with Crippen LogP contribution in [-0.4, -0.2) is 49.3 Å². The van der Waals surface area contributed by atoms with Gasteiger partial charge in [0.15, 0.2) is 0 Å². The summed E-state index contributed by atoms with van der Waals surface area (Å²) in [6.07, 6.45) is 3.15. The zero-order valence-corrected chi connectivity index (χ0v) is 25.7. The largest absolute Gasteiger partial charge is 0.325 e. The molecule has 4 aromatic rings. The van der Waals surface area contributed by atoms with Crippen molar-refractivity contribution < 1.29 is 22.0 Å². The van der Waals surface area contributed by atoms with Crippen molar-refractivity contribution in [3.05, 3.63) is 125 Å². The normalized spacial score (nSPS) is 17.1. The Bertz CT molecular complexity index is 1710. The number of benzene rings is 3. The van der Waals surface area contributed by atoms with Gasteiger partial charge in [-0.3, -0.25) is 9.78 Å². The van der Waals surface area contributed by atoms with Crippen LogP contribution in [-0.2, 0) is 21.2 Å². The van der Waals surface area contributed by atoms with E-state index in [0.29, 0.717) is 42.3 Å². The molecule has 1 aliphatic heterocycles. The van der Waals surface area contributed by atoms with Crippen LogP contribution in [0, 0.1) is 17.6 Å². The molecule has 0 bridgehead atoms. The third-order valence-corrected chi connectivity index (χ3v) is 10.2. The number of sulfonamides is 1. The fourth-order valence-electron chi connectivity index (χ4n) is 5.71. The van der Waals surface area contributed by atoms with E-state index in [0.717, 1.165) is 11.8 Å². The SMILES string of the molecule is C[C@H](C(=O)Nc1cccc(F)c1CC[C@H]1CNCCN1S(=O)(=O)c1ccccc1)[C@@H](c1ccc(Cl)cc1)c1cncc(F)c1. The maximum absolute atomic E-state index is 15.3. The summed E-state index contributed by atoms with van der Waals surface area (Å²) < 4.78 is 57.8. The van der Waals surface area contributed by atoms with E-state index in [2.05, 4.69) is 15.6 Å². The van der Waals surface area contributed by atoms with Crippen molar-refractivity contribution in [1.82, 2.24) is 14.6 Å². The number of carbonyl (C=O) groups excluding carboxylic acids is 1. The second kappa shape index (κ2) is 13.9. The van der Waals surface area contributed by atoms with Crippen molar-refractivity contribution in [1.29, 1.82) is 0 Å². The maximum Gasteiger partial charge on any atom is 0.243 e. The van der Waals surface area contributed by atoms with Crippen LogP contribution in [0.15, 0.2) is 96.2 Å². The lowest BCUT2D eigenvalue weighted by atomic mass is 9.81. The first-order chi connectivity index (χ1) is 21.1. The highest BCUT2D eigenvalue weighted by Gasteiger charge is 2.34. The number of anilines is 1. The monoisotopic (exact) mass is 638 g/mol. The van der Waals surface area contributed by atoms with Crippen LogP contribution in [0.1, 0.15) is 36.0 Å². The number of hydrogen-bond acceptors (Lipinski definition) is 5. The number of hydrogen-bond donors (Lipinski definition) is 2. The van der Waals surface area contributed by atoms with Gasteiger partial charge < -0.3 is 10.6 Å². The molecule has 0 spiro atoms. The van der Waals surface area contributed by atoms with Crippen molar-refractivity contribution in [3.8, 4) is 0 Å². The van der Waals surface area contributed by atoms with Gasteiger partial charge in [0, 0.05) is 60.0 Å². The molecule has 5 rings (SSSR count). The summed E-state index contributed by atoms with van der Waals surface area (Å²) in [6.45, 7) is 2.94. The predicted molar refractivity (Wildman–Crippen MR) is 167 cm³/mol. The number of rotatable bonds is 10. The molecule has 1 aromatic heterocycles.